The van der Waals surface area contributed by atoms with Crippen LogP contribution in [0.5, 0.6) is 0 Å². The Morgan fingerprint density at radius 3 is 2.67 bits per heavy atom. The predicted octanol–water partition coefficient (Wildman–Crippen LogP) is 3.16. The van der Waals surface area contributed by atoms with Crippen molar-refractivity contribution in [3.63, 3.8) is 0 Å². The summed E-state index contributed by atoms with van der Waals surface area (Å²) in [6.07, 6.45) is -0.367. The molecule has 0 bridgehead atoms. The molecule has 5 heteroatoms. The third kappa shape index (κ3) is 2.26. The van der Waals surface area contributed by atoms with E-state index in [9.17, 15) is 0 Å². The Morgan fingerprint density at radius 1 is 1.27 bits per heavy atom. The summed E-state index contributed by atoms with van der Waals surface area (Å²) < 4.78 is 10.3. The highest BCUT2D eigenvalue weighted by atomic mass is 32.1. The van der Waals surface area contributed by atoms with Gasteiger partial charge in [0, 0.05) is 30.5 Å². The molecule has 0 unspecified atom stereocenters. The second-order valence-corrected chi connectivity index (χ2v) is 4.53. The number of hydrogen-bond donors (Lipinski definition) is 0. The zero-order chi connectivity index (χ0) is 10.7. The maximum Gasteiger partial charge on any atom is 0.201 e. The molecule has 0 N–H and O–H groups in total. The molecule has 2 aromatic heterocycles. The standard InChI is InChI=1S/C10H11NO2S2/c1-12-10(13-2)8-6-15-9(11-8)7-3-4-14-5-7/h3-6,10H,1-2H3. The molecule has 15 heavy (non-hydrogen) atoms. The third-order valence-electron chi connectivity index (χ3n) is 1.96. The van der Waals surface area contributed by atoms with Crippen molar-refractivity contribution >= 4 is 22.7 Å². The summed E-state index contributed by atoms with van der Waals surface area (Å²) in [5.41, 5.74) is 1.98. The van der Waals surface area contributed by atoms with Gasteiger partial charge in [0.2, 0.25) is 6.29 Å². The quantitative estimate of drug-likeness (QED) is 0.770. The van der Waals surface area contributed by atoms with Gasteiger partial charge in [0.1, 0.15) is 10.7 Å². The second kappa shape index (κ2) is 4.85. The van der Waals surface area contributed by atoms with E-state index in [-0.39, 0.29) is 6.29 Å². The van der Waals surface area contributed by atoms with Crippen LogP contribution >= 0.6 is 22.7 Å². The molecule has 0 aromatic carbocycles. The van der Waals surface area contributed by atoms with E-state index < -0.39 is 0 Å². The van der Waals surface area contributed by atoms with Gasteiger partial charge < -0.3 is 9.47 Å². The highest BCUT2D eigenvalue weighted by Gasteiger charge is 2.13. The van der Waals surface area contributed by atoms with E-state index in [4.69, 9.17) is 9.47 Å². The van der Waals surface area contributed by atoms with Crippen molar-refractivity contribution in [1.82, 2.24) is 4.98 Å². The lowest BCUT2D eigenvalue weighted by Crippen LogP contribution is -2.03. The summed E-state index contributed by atoms with van der Waals surface area (Å²) in [4.78, 5) is 4.47. The molecule has 0 atom stereocenters. The van der Waals surface area contributed by atoms with Crippen LogP contribution in [0, 0.1) is 0 Å². The molecule has 0 saturated carbocycles. The third-order valence-corrected chi connectivity index (χ3v) is 3.55. The van der Waals surface area contributed by atoms with Crippen molar-refractivity contribution in [2.45, 2.75) is 6.29 Å². The van der Waals surface area contributed by atoms with Crippen molar-refractivity contribution in [2.24, 2.45) is 0 Å². The zero-order valence-corrected chi connectivity index (χ0v) is 10.1. The maximum atomic E-state index is 5.14. The number of ether oxygens (including phenoxy) is 2. The molecular formula is C10H11NO2S2. The number of rotatable bonds is 4. The lowest BCUT2D eigenvalue weighted by Gasteiger charge is -2.09. The van der Waals surface area contributed by atoms with Crippen LogP contribution in [-0.2, 0) is 9.47 Å². The Hall–Kier alpha value is -0.750. The monoisotopic (exact) mass is 241 g/mol. The smallest absolute Gasteiger partial charge is 0.201 e. The molecule has 0 aliphatic heterocycles. The van der Waals surface area contributed by atoms with Gasteiger partial charge in [0.25, 0.3) is 0 Å². The van der Waals surface area contributed by atoms with E-state index in [2.05, 4.69) is 16.4 Å². The van der Waals surface area contributed by atoms with Gasteiger partial charge in [-0.25, -0.2) is 4.98 Å². The van der Waals surface area contributed by atoms with Crippen LogP contribution in [0.3, 0.4) is 0 Å². The maximum absolute atomic E-state index is 5.14. The van der Waals surface area contributed by atoms with Crippen molar-refractivity contribution in [1.29, 1.82) is 0 Å². The van der Waals surface area contributed by atoms with Gasteiger partial charge in [-0.05, 0) is 11.4 Å². The first-order valence-corrected chi connectivity index (χ1v) is 6.21. The van der Waals surface area contributed by atoms with E-state index in [1.54, 1.807) is 36.9 Å². The topological polar surface area (TPSA) is 31.4 Å². The molecule has 2 aromatic rings. The first-order valence-electron chi connectivity index (χ1n) is 4.38. The first-order chi connectivity index (χ1) is 7.35. The predicted molar refractivity (Wildman–Crippen MR) is 62.2 cm³/mol. The summed E-state index contributed by atoms with van der Waals surface area (Å²) in [6, 6.07) is 2.06. The molecule has 0 fully saturated rings. The van der Waals surface area contributed by atoms with Gasteiger partial charge in [-0.3, -0.25) is 0 Å². The molecule has 0 aliphatic rings. The molecule has 80 valence electrons. The number of thiazole rings is 1. The van der Waals surface area contributed by atoms with E-state index >= 15 is 0 Å². The number of thiophene rings is 1. The molecule has 0 spiro atoms. The molecule has 2 rings (SSSR count). The SMILES string of the molecule is COC(OC)c1csc(-c2ccsc2)n1. The summed E-state index contributed by atoms with van der Waals surface area (Å²) in [6.45, 7) is 0. The fourth-order valence-corrected chi connectivity index (χ4v) is 2.78. The van der Waals surface area contributed by atoms with Gasteiger partial charge in [-0.1, -0.05) is 0 Å². The number of methoxy groups -OCH3 is 2. The van der Waals surface area contributed by atoms with Gasteiger partial charge in [0.15, 0.2) is 0 Å². The van der Waals surface area contributed by atoms with Crippen LogP contribution in [0.1, 0.15) is 12.0 Å². The molecular weight excluding hydrogens is 230 g/mol. The average Bonchev–Trinajstić information content (AvgIpc) is 2.89. The Balaban J connectivity index is 2.24. The summed E-state index contributed by atoms with van der Waals surface area (Å²) >= 11 is 3.27. The fraction of sp³-hybridized carbons (Fsp3) is 0.300. The number of aromatic nitrogens is 1. The zero-order valence-electron chi connectivity index (χ0n) is 8.47. The van der Waals surface area contributed by atoms with Gasteiger partial charge in [0.05, 0.1) is 0 Å². The van der Waals surface area contributed by atoms with Crippen LogP contribution in [0.25, 0.3) is 10.6 Å². The van der Waals surface area contributed by atoms with E-state index in [0.29, 0.717) is 0 Å². The van der Waals surface area contributed by atoms with E-state index in [0.717, 1.165) is 16.3 Å². The number of hydrogen-bond acceptors (Lipinski definition) is 5. The lowest BCUT2D eigenvalue weighted by atomic mass is 10.3. The molecule has 0 aliphatic carbocycles. The number of nitrogens with zero attached hydrogens (tertiary/aromatic N) is 1. The second-order valence-electron chi connectivity index (χ2n) is 2.89. The summed E-state index contributed by atoms with van der Waals surface area (Å²) in [5.74, 6) is 0. The molecule has 3 nitrogen and oxygen atoms in total. The van der Waals surface area contributed by atoms with Crippen LogP contribution in [-0.4, -0.2) is 19.2 Å². The Labute approximate surface area is 96.3 Å². The van der Waals surface area contributed by atoms with Crippen molar-refractivity contribution in [3.05, 3.63) is 27.9 Å². The minimum absolute atomic E-state index is 0.367. The van der Waals surface area contributed by atoms with Gasteiger partial charge >= 0.3 is 0 Å². The largest absolute Gasteiger partial charge is 0.350 e. The summed E-state index contributed by atoms with van der Waals surface area (Å²) in [7, 11) is 3.22. The van der Waals surface area contributed by atoms with E-state index in [1.165, 1.54) is 0 Å². The Bertz CT molecular complexity index is 407. The van der Waals surface area contributed by atoms with Crippen LogP contribution < -0.4 is 0 Å². The lowest BCUT2D eigenvalue weighted by molar-refractivity contribution is -0.108. The van der Waals surface area contributed by atoms with Gasteiger partial charge in [-0.2, -0.15) is 11.3 Å². The van der Waals surface area contributed by atoms with Crippen molar-refractivity contribution < 1.29 is 9.47 Å². The minimum atomic E-state index is -0.367. The highest BCUT2D eigenvalue weighted by molar-refractivity contribution is 7.14. The van der Waals surface area contributed by atoms with Crippen molar-refractivity contribution in [2.75, 3.05) is 14.2 Å². The Kier molecular flexibility index (Phi) is 3.48. The first kappa shape index (κ1) is 10.8. The molecule has 0 saturated heterocycles. The van der Waals surface area contributed by atoms with Gasteiger partial charge in [-0.15, -0.1) is 11.3 Å². The van der Waals surface area contributed by atoms with Crippen LogP contribution in [0.15, 0.2) is 22.2 Å². The van der Waals surface area contributed by atoms with Crippen molar-refractivity contribution in [3.8, 4) is 10.6 Å². The highest BCUT2D eigenvalue weighted by Crippen LogP contribution is 2.28. The van der Waals surface area contributed by atoms with E-state index in [1.807, 2.05) is 10.8 Å². The molecule has 0 amide bonds. The Morgan fingerprint density at radius 2 is 2.07 bits per heavy atom. The molecule has 0 radical (unpaired) electrons. The van der Waals surface area contributed by atoms with Crippen LogP contribution in [0.2, 0.25) is 0 Å². The fourth-order valence-electron chi connectivity index (χ4n) is 1.25. The minimum Gasteiger partial charge on any atom is -0.350 e. The normalized spacial score (nSPS) is 11.1. The average molecular weight is 241 g/mol. The summed E-state index contributed by atoms with van der Waals surface area (Å²) in [5, 5.41) is 7.09. The molecule has 2 heterocycles. The van der Waals surface area contributed by atoms with Crippen LogP contribution in [0.4, 0.5) is 0 Å².